The molecule has 0 saturated carbocycles. The number of benzene rings is 2. The highest BCUT2D eigenvalue weighted by Gasteiger charge is 2.25. The minimum absolute atomic E-state index is 0.0113. The minimum atomic E-state index is -4.09. The van der Waals surface area contributed by atoms with Crippen LogP contribution >= 0.6 is 0 Å². The van der Waals surface area contributed by atoms with Crippen LogP contribution in [0.3, 0.4) is 0 Å². The highest BCUT2D eigenvalue weighted by molar-refractivity contribution is 7.89. The van der Waals surface area contributed by atoms with Gasteiger partial charge in [-0.05, 0) is 36.2 Å². The summed E-state index contributed by atoms with van der Waals surface area (Å²) in [5, 5.41) is 18.1. The van der Waals surface area contributed by atoms with Gasteiger partial charge < -0.3 is 10.2 Å². The first-order valence-electron chi connectivity index (χ1n) is 6.92. The Balaban J connectivity index is 2.21. The molecule has 0 bridgehead atoms. The third-order valence-corrected chi connectivity index (χ3v) is 4.78. The molecule has 0 amide bonds. The van der Waals surface area contributed by atoms with Crippen LogP contribution in [0.1, 0.15) is 15.9 Å². The van der Waals surface area contributed by atoms with E-state index in [9.17, 15) is 23.1 Å². The molecule has 24 heavy (non-hydrogen) atoms. The van der Waals surface area contributed by atoms with E-state index in [0.29, 0.717) is 5.56 Å². The van der Waals surface area contributed by atoms with Gasteiger partial charge in [0.15, 0.2) is 0 Å². The van der Waals surface area contributed by atoms with Crippen LogP contribution < -0.4 is 4.72 Å². The molecule has 0 aliphatic carbocycles. The molecular weight excluding hydrogens is 334 g/mol. The van der Waals surface area contributed by atoms with Crippen LogP contribution in [0.2, 0.25) is 0 Å². The maximum absolute atomic E-state index is 12.3. The second-order valence-electron chi connectivity index (χ2n) is 5.03. The van der Waals surface area contributed by atoms with Crippen molar-refractivity contribution in [1.29, 1.82) is 0 Å². The quantitative estimate of drug-likeness (QED) is 0.694. The molecule has 0 aliphatic heterocycles. The summed E-state index contributed by atoms with van der Waals surface area (Å²) in [5.74, 6) is -2.48. The van der Waals surface area contributed by atoms with Crippen molar-refractivity contribution in [2.24, 2.45) is 0 Å². The summed E-state index contributed by atoms with van der Waals surface area (Å²) in [5.41, 5.74) is 0.613. The molecule has 2 aromatic carbocycles. The van der Waals surface area contributed by atoms with Crippen molar-refractivity contribution < 1.29 is 28.2 Å². The third-order valence-electron chi connectivity index (χ3n) is 3.29. The van der Waals surface area contributed by atoms with E-state index in [2.05, 4.69) is 4.72 Å². The Hall–Kier alpha value is -2.71. The molecule has 126 valence electrons. The number of hydrogen-bond acceptors (Lipinski definition) is 4. The number of carboxylic acids is 2. The number of sulfonamides is 1. The molecule has 0 spiro atoms. The monoisotopic (exact) mass is 349 g/mol. The maximum Gasteiger partial charge on any atom is 0.335 e. The Kier molecular flexibility index (Phi) is 5.32. The summed E-state index contributed by atoms with van der Waals surface area (Å²) in [6.07, 6.45) is -0.0113. The van der Waals surface area contributed by atoms with Crippen LogP contribution in [0.4, 0.5) is 0 Å². The smallest absolute Gasteiger partial charge is 0.335 e. The summed E-state index contributed by atoms with van der Waals surface area (Å²) in [4.78, 5) is 21.9. The Morgan fingerprint density at radius 2 is 1.54 bits per heavy atom. The number of aliphatic carboxylic acids is 1. The molecule has 0 fully saturated rings. The summed E-state index contributed by atoms with van der Waals surface area (Å²) in [6.45, 7) is 0. The van der Waals surface area contributed by atoms with Crippen molar-refractivity contribution >= 4 is 22.0 Å². The average molecular weight is 349 g/mol. The molecule has 0 radical (unpaired) electrons. The third kappa shape index (κ3) is 4.40. The molecule has 2 rings (SSSR count). The number of hydrogen-bond donors (Lipinski definition) is 3. The van der Waals surface area contributed by atoms with Gasteiger partial charge in [0.25, 0.3) is 0 Å². The summed E-state index contributed by atoms with van der Waals surface area (Å²) in [7, 11) is -4.09. The van der Waals surface area contributed by atoms with E-state index >= 15 is 0 Å². The highest BCUT2D eigenvalue weighted by Crippen LogP contribution is 2.13. The number of carboxylic acid groups (broad SMARTS) is 2. The average Bonchev–Trinajstić information content (AvgIpc) is 2.55. The number of carbonyl (C=O) groups is 2. The van der Waals surface area contributed by atoms with Crippen molar-refractivity contribution in [3.05, 3.63) is 65.7 Å². The zero-order valence-electron chi connectivity index (χ0n) is 12.4. The van der Waals surface area contributed by atoms with Gasteiger partial charge in [0.05, 0.1) is 10.5 Å². The molecule has 2 aromatic rings. The number of rotatable bonds is 7. The first-order valence-corrected chi connectivity index (χ1v) is 8.40. The van der Waals surface area contributed by atoms with Gasteiger partial charge in [0.2, 0.25) is 10.0 Å². The second-order valence-corrected chi connectivity index (χ2v) is 6.75. The molecule has 8 heteroatoms. The van der Waals surface area contributed by atoms with E-state index in [4.69, 9.17) is 5.11 Å². The topological polar surface area (TPSA) is 121 Å². The first-order chi connectivity index (χ1) is 11.3. The number of aromatic carboxylic acids is 1. The van der Waals surface area contributed by atoms with E-state index < -0.39 is 28.0 Å². The predicted molar refractivity (Wildman–Crippen MR) is 85.3 cm³/mol. The lowest BCUT2D eigenvalue weighted by Crippen LogP contribution is -2.42. The SMILES string of the molecule is O=C(O)c1ccc(S(=O)(=O)N[C@@H](Cc2ccccc2)C(=O)O)cc1. The van der Waals surface area contributed by atoms with E-state index in [1.807, 2.05) is 0 Å². The summed E-state index contributed by atoms with van der Waals surface area (Å²) >= 11 is 0. The Labute approximate surface area is 138 Å². The van der Waals surface area contributed by atoms with Gasteiger partial charge in [-0.2, -0.15) is 4.72 Å². The van der Waals surface area contributed by atoms with E-state index in [1.54, 1.807) is 30.3 Å². The van der Waals surface area contributed by atoms with Crippen LogP contribution in [0.5, 0.6) is 0 Å². The lowest BCUT2D eigenvalue weighted by molar-refractivity contribution is -0.138. The van der Waals surface area contributed by atoms with Gasteiger partial charge >= 0.3 is 11.9 Å². The molecule has 7 nitrogen and oxygen atoms in total. The highest BCUT2D eigenvalue weighted by atomic mass is 32.2. The van der Waals surface area contributed by atoms with Crippen molar-refractivity contribution in [2.45, 2.75) is 17.4 Å². The van der Waals surface area contributed by atoms with Gasteiger partial charge in [-0.1, -0.05) is 30.3 Å². The van der Waals surface area contributed by atoms with Crippen LogP contribution in [-0.4, -0.2) is 36.6 Å². The lowest BCUT2D eigenvalue weighted by Gasteiger charge is -2.15. The van der Waals surface area contributed by atoms with Crippen LogP contribution in [0, 0.1) is 0 Å². The maximum atomic E-state index is 12.3. The fourth-order valence-electron chi connectivity index (χ4n) is 2.06. The Morgan fingerprint density at radius 3 is 2.04 bits per heavy atom. The van der Waals surface area contributed by atoms with Crippen LogP contribution in [0.15, 0.2) is 59.5 Å². The van der Waals surface area contributed by atoms with E-state index in [1.165, 1.54) is 0 Å². The molecule has 0 aromatic heterocycles. The molecule has 1 atom stereocenters. The van der Waals surface area contributed by atoms with Crippen molar-refractivity contribution in [3.8, 4) is 0 Å². The van der Waals surface area contributed by atoms with Crippen LogP contribution in [-0.2, 0) is 21.2 Å². The second kappa shape index (κ2) is 7.24. The molecule has 3 N–H and O–H groups in total. The lowest BCUT2D eigenvalue weighted by atomic mass is 10.1. The summed E-state index contributed by atoms with van der Waals surface area (Å²) in [6, 6.07) is 11.8. The van der Waals surface area contributed by atoms with Gasteiger partial charge in [-0.3, -0.25) is 4.79 Å². The number of nitrogens with one attached hydrogen (secondary N) is 1. The molecule has 0 heterocycles. The van der Waals surface area contributed by atoms with Gasteiger partial charge in [0.1, 0.15) is 6.04 Å². The van der Waals surface area contributed by atoms with E-state index in [0.717, 1.165) is 24.3 Å². The minimum Gasteiger partial charge on any atom is -0.480 e. The van der Waals surface area contributed by atoms with Crippen LogP contribution in [0.25, 0.3) is 0 Å². The fourth-order valence-corrected chi connectivity index (χ4v) is 3.25. The molecule has 0 unspecified atom stereocenters. The van der Waals surface area contributed by atoms with Crippen molar-refractivity contribution in [2.75, 3.05) is 0 Å². The molecular formula is C16H15NO6S. The fraction of sp³-hybridized carbons (Fsp3) is 0.125. The van der Waals surface area contributed by atoms with Gasteiger partial charge in [-0.25, -0.2) is 13.2 Å². The Morgan fingerprint density at radius 1 is 0.958 bits per heavy atom. The zero-order chi connectivity index (χ0) is 17.7. The zero-order valence-corrected chi connectivity index (χ0v) is 13.2. The predicted octanol–water partition coefficient (Wildman–Crippen LogP) is 1.36. The van der Waals surface area contributed by atoms with E-state index in [-0.39, 0.29) is 16.9 Å². The molecule has 0 saturated heterocycles. The van der Waals surface area contributed by atoms with Crippen molar-refractivity contribution in [1.82, 2.24) is 4.72 Å². The van der Waals surface area contributed by atoms with Gasteiger partial charge in [-0.15, -0.1) is 0 Å². The largest absolute Gasteiger partial charge is 0.480 e. The van der Waals surface area contributed by atoms with Gasteiger partial charge in [0, 0.05) is 0 Å². The summed E-state index contributed by atoms with van der Waals surface area (Å²) < 4.78 is 26.7. The first kappa shape index (κ1) is 17.6. The van der Waals surface area contributed by atoms with Crippen molar-refractivity contribution in [3.63, 3.8) is 0 Å². The molecule has 0 aliphatic rings. The normalized spacial score (nSPS) is 12.5. The Bertz CT molecular complexity index is 831. The standard InChI is InChI=1S/C16H15NO6S/c18-15(19)12-6-8-13(9-7-12)24(22,23)17-14(16(20)21)10-11-4-2-1-3-5-11/h1-9,14,17H,10H2,(H,18,19)(H,20,21)/t14-/m0/s1.